The van der Waals surface area contributed by atoms with Crippen molar-refractivity contribution in [2.45, 2.75) is 46.6 Å². The van der Waals surface area contributed by atoms with Crippen LogP contribution in [0.4, 0.5) is 5.95 Å². The van der Waals surface area contributed by atoms with E-state index < -0.39 is 0 Å². The molecule has 0 radical (unpaired) electrons. The molecule has 0 aliphatic carbocycles. The number of rotatable bonds is 4. The maximum atomic E-state index is 5.63. The van der Waals surface area contributed by atoms with Crippen LogP contribution in [0.1, 0.15) is 40.5 Å². The third-order valence-corrected chi connectivity index (χ3v) is 3.74. The van der Waals surface area contributed by atoms with Crippen molar-refractivity contribution in [1.82, 2.24) is 9.97 Å². The number of aromatic nitrogens is 2. The minimum absolute atomic E-state index is 0.148. The molecule has 1 aromatic rings. The Hall–Kier alpha value is -1.32. The Bertz CT molecular complexity index is 398. The summed E-state index contributed by atoms with van der Waals surface area (Å²) in [5, 5.41) is 0. The minimum atomic E-state index is 0.148. The molecule has 1 aliphatic heterocycles. The summed E-state index contributed by atoms with van der Waals surface area (Å²) in [4.78, 5) is 11.1. The van der Waals surface area contributed by atoms with Crippen molar-refractivity contribution < 1.29 is 4.74 Å². The fourth-order valence-electron chi connectivity index (χ4n) is 2.56. The second kappa shape index (κ2) is 6.22. The number of hydrogen-bond donors (Lipinski definition) is 0. The van der Waals surface area contributed by atoms with Crippen LogP contribution in [-0.4, -0.2) is 29.2 Å². The lowest BCUT2D eigenvalue weighted by Gasteiger charge is -2.33. The number of ether oxygens (including phenoxy) is 1. The summed E-state index contributed by atoms with van der Waals surface area (Å²) in [7, 11) is 0. The van der Waals surface area contributed by atoms with E-state index in [-0.39, 0.29) is 6.10 Å². The lowest BCUT2D eigenvalue weighted by atomic mass is 9.87. The Labute approximate surface area is 116 Å². The second-order valence-corrected chi connectivity index (χ2v) is 5.93. The number of hydrogen-bond acceptors (Lipinski definition) is 4. The molecule has 4 nitrogen and oxygen atoms in total. The highest BCUT2D eigenvalue weighted by Gasteiger charge is 2.23. The Morgan fingerprint density at radius 2 is 1.89 bits per heavy atom. The first-order valence-electron chi connectivity index (χ1n) is 7.31. The van der Waals surface area contributed by atoms with Crippen LogP contribution in [0.25, 0.3) is 0 Å². The summed E-state index contributed by atoms with van der Waals surface area (Å²) in [6.07, 6.45) is 4.40. The van der Waals surface area contributed by atoms with Crippen molar-refractivity contribution in [2.24, 2.45) is 11.8 Å². The fraction of sp³-hybridized carbons (Fsp3) is 0.733. The van der Waals surface area contributed by atoms with Crippen molar-refractivity contribution in [3.8, 4) is 5.88 Å². The molecule has 4 heteroatoms. The predicted molar refractivity (Wildman–Crippen MR) is 77.6 cm³/mol. The van der Waals surface area contributed by atoms with Crippen LogP contribution in [0.2, 0.25) is 0 Å². The van der Waals surface area contributed by atoms with Gasteiger partial charge in [-0.05, 0) is 38.5 Å². The van der Waals surface area contributed by atoms with E-state index >= 15 is 0 Å². The molecule has 0 bridgehead atoms. The molecule has 1 aromatic heterocycles. The Morgan fingerprint density at radius 1 is 1.21 bits per heavy atom. The zero-order valence-corrected chi connectivity index (χ0v) is 12.5. The third kappa shape index (κ3) is 3.82. The molecule has 1 aliphatic rings. The molecule has 0 unspecified atom stereocenters. The van der Waals surface area contributed by atoms with Gasteiger partial charge in [0.1, 0.15) is 0 Å². The highest BCUT2D eigenvalue weighted by atomic mass is 16.5. The topological polar surface area (TPSA) is 38.2 Å². The summed E-state index contributed by atoms with van der Waals surface area (Å²) >= 11 is 0. The van der Waals surface area contributed by atoms with Crippen LogP contribution in [0.5, 0.6) is 5.88 Å². The lowest BCUT2D eigenvalue weighted by Crippen LogP contribution is -2.36. The van der Waals surface area contributed by atoms with Crippen LogP contribution in [0.3, 0.4) is 0 Å². The van der Waals surface area contributed by atoms with Crippen molar-refractivity contribution >= 4 is 5.95 Å². The summed E-state index contributed by atoms with van der Waals surface area (Å²) in [6.45, 7) is 10.7. The van der Waals surface area contributed by atoms with Crippen LogP contribution in [0, 0.1) is 11.8 Å². The molecule has 1 fully saturated rings. The zero-order valence-electron chi connectivity index (χ0n) is 12.5. The fourth-order valence-corrected chi connectivity index (χ4v) is 2.56. The van der Waals surface area contributed by atoms with Gasteiger partial charge in [0.2, 0.25) is 11.8 Å². The summed E-state index contributed by atoms with van der Waals surface area (Å²) in [6, 6.07) is 1.82. The molecular weight excluding hydrogens is 238 g/mol. The van der Waals surface area contributed by atoms with Gasteiger partial charge < -0.3 is 9.64 Å². The van der Waals surface area contributed by atoms with E-state index in [9.17, 15) is 0 Å². The van der Waals surface area contributed by atoms with Gasteiger partial charge in [-0.25, -0.2) is 4.98 Å². The van der Waals surface area contributed by atoms with Crippen LogP contribution in [0.15, 0.2) is 12.3 Å². The Balaban J connectivity index is 1.99. The van der Waals surface area contributed by atoms with Crippen LogP contribution in [-0.2, 0) is 0 Å². The normalized spacial score (nSPS) is 17.3. The molecule has 0 amide bonds. The van der Waals surface area contributed by atoms with Crippen molar-refractivity contribution in [3.63, 3.8) is 0 Å². The van der Waals surface area contributed by atoms with E-state index in [1.807, 2.05) is 19.9 Å². The predicted octanol–water partition coefficient (Wildman–Crippen LogP) is 3.14. The van der Waals surface area contributed by atoms with Crippen molar-refractivity contribution in [2.75, 3.05) is 18.0 Å². The quantitative estimate of drug-likeness (QED) is 0.836. The van der Waals surface area contributed by atoms with Crippen LogP contribution < -0.4 is 9.64 Å². The maximum absolute atomic E-state index is 5.63. The largest absolute Gasteiger partial charge is 0.475 e. The van der Waals surface area contributed by atoms with Gasteiger partial charge in [-0.1, -0.05) is 13.8 Å². The number of nitrogens with zero attached hydrogens (tertiary/aromatic N) is 3. The van der Waals surface area contributed by atoms with E-state index in [0.29, 0.717) is 5.88 Å². The van der Waals surface area contributed by atoms with Gasteiger partial charge >= 0.3 is 0 Å². The Morgan fingerprint density at radius 3 is 2.47 bits per heavy atom. The molecule has 0 atom stereocenters. The van der Waals surface area contributed by atoms with Crippen molar-refractivity contribution in [1.29, 1.82) is 0 Å². The molecular formula is C15H25N3O. The van der Waals surface area contributed by atoms with E-state index in [1.54, 1.807) is 6.20 Å². The third-order valence-electron chi connectivity index (χ3n) is 3.74. The van der Waals surface area contributed by atoms with E-state index in [4.69, 9.17) is 4.74 Å². The molecule has 2 heterocycles. The van der Waals surface area contributed by atoms with Gasteiger partial charge in [0.25, 0.3) is 0 Å². The standard InChI is InChI=1S/C15H25N3O/c1-11(2)13-6-9-18(10-7-13)15-16-8-5-14(17-15)19-12(3)4/h5,8,11-13H,6-7,9-10H2,1-4H3. The molecule has 1 saturated heterocycles. The summed E-state index contributed by atoms with van der Waals surface area (Å²) < 4.78 is 5.63. The highest BCUT2D eigenvalue weighted by molar-refractivity contribution is 5.32. The summed E-state index contributed by atoms with van der Waals surface area (Å²) in [5.41, 5.74) is 0. The first kappa shape index (κ1) is 14.1. The number of anilines is 1. The van der Waals surface area contributed by atoms with E-state index in [2.05, 4.69) is 28.7 Å². The monoisotopic (exact) mass is 263 g/mol. The average molecular weight is 263 g/mol. The smallest absolute Gasteiger partial charge is 0.228 e. The highest BCUT2D eigenvalue weighted by Crippen LogP contribution is 2.26. The number of piperidine rings is 1. The second-order valence-electron chi connectivity index (χ2n) is 5.93. The summed E-state index contributed by atoms with van der Waals surface area (Å²) in [5.74, 6) is 3.09. The maximum Gasteiger partial charge on any atom is 0.228 e. The first-order chi connectivity index (χ1) is 9.06. The molecule has 0 N–H and O–H groups in total. The van der Waals surface area contributed by atoms with Gasteiger partial charge in [0, 0.05) is 25.4 Å². The minimum Gasteiger partial charge on any atom is -0.475 e. The van der Waals surface area contributed by atoms with Crippen molar-refractivity contribution in [3.05, 3.63) is 12.3 Å². The van der Waals surface area contributed by atoms with Gasteiger partial charge in [-0.2, -0.15) is 4.98 Å². The molecule has 0 saturated carbocycles. The molecule has 2 rings (SSSR count). The lowest BCUT2D eigenvalue weighted by molar-refractivity contribution is 0.232. The van der Waals surface area contributed by atoms with Gasteiger partial charge in [0.15, 0.2) is 0 Å². The molecule has 19 heavy (non-hydrogen) atoms. The first-order valence-corrected chi connectivity index (χ1v) is 7.31. The SMILES string of the molecule is CC(C)Oc1ccnc(N2CCC(C(C)C)CC2)n1. The van der Waals surface area contributed by atoms with Gasteiger partial charge in [-0.15, -0.1) is 0 Å². The molecule has 0 spiro atoms. The zero-order chi connectivity index (χ0) is 13.8. The van der Waals surface area contributed by atoms with E-state index in [0.717, 1.165) is 30.9 Å². The van der Waals surface area contributed by atoms with Crippen LogP contribution >= 0.6 is 0 Å². The van der Waals surface area contributed by atoms with Gasteiger partial charge in [0.05, 0.1) is 6.10 Å². The molecule has 106 valence electrons. The van der Waals surface area contributed by atoms with E-state index in [1.165, 1.54) is 12.8 Å². The average Bonchev–Trinajstić information content (AvgIpc) is 2.38. The molecule has 0 aromatic carbocycles. The Kier molecular flexibility index (Phi) is 4.61. The van der Waals surface area contributed by atoms with Gasteiger partial charge in [-0.3, -0.25) is 0 Å².